The number of rotatable bonds is 3. The SMILES string of the molecule is Cc1cc(=O)c(C(=O)N[C@H]2COc3ccc(C#Cc4ccc5c(N)nccc5c4)cc3N(C)C2=O)nn1-c1ccccc1. The van der Waals surface area contributed by atoms with Gasteiger partial charge in [-0.1, -0.05) is 30.0 Å². The molecule has 0 radical (unpaired) electrons. The van der Waals surface area contributed by atoms with Gasteiger partial charge in [0.15, 0.2) is 5.69 Å². The van der Waals surface area contributed by atoms with Gasteiger partial charge in [0.25, 0.3) is 11.8 Å². The molecule has 2 amide bonds. The van der Waals surface area contributed by atoms with Crippen LogP contribution in [0.15, 0.2) is 89.9 Å². The summed E-state index contributed by atoms with van der Waals surface area (Å²) in [5.74, 6) is 6.03. The fourth-order valence-electron chi connectivity index (χ4n) is 4.86. The van der Waals surface area contributed by atoms with E-state index in [2.05, 4.69) is 27.2 Å². The number of carbonyl (C=O) groups excluding carboxylic acids is 2. The summed E-state index contributed by atoms with van der Waals surface area (Å²) in [5, 5.41) is 8.73. The van der Waals surface area contributed by atoms with E-state index >= 15 is 0 Å². The van der Waals surface area contributed by atoms with Crippen LogP contribution in [0.4, 0.5) is 11.5 Å². The normalized spacial score (nSPS) is 14.2. The summed E-state index contributed by atoms with van der Waals surface area (Å²) < 4.78 is 7.42. The van der Waals surface area contributed by atoms with Gasteiger partial charge >= 0.3 is 0 Å². The monoisotopic (exact) mass is 570 g/mol. The third kappa shape index (κ3) is 5.39. The summed E-state index contributed by atoms with van der Waals surface area (Å²) >= 11 is 0. The number of amides is 2. The molecule has 0 fully saturated rings. The molecule has 1 aliphatic heterocycles. The minimum absolute atomic E-state index is 0.124. The first kappa shape index (κ1) is 27.2. The molecule has 1 aliphatic rings. The number of benzene rings is 3. The van der Waals surface area contributed by atoms with Gasteiger partial charge in [-0.05, 0) is 66.9 Å². The lowest BCUT2D eigenvalue weighted by atomic mass is 10.1. The number of carbonyl (C=O) groups is 2. The Labute approximate surface area is 246 Å². The van der Waals surface area contributed by atoms with Crippen molar-refractivity contribution in [2.24, 2.45) is 0 Å². The Morgan fingerprint density at radius 2 is 1.74 bits per heavy atom. The predicted octanol–water partition coefficient (Wildman–Crippen LogP) is 3.22. The van der Waals surface area contributed by atoms with Crippen LogP contribution in [-0.4, -0.2) is 46.3 Å². The number of hydrogen-bond donors (Lipinski definition) is 2. The molecule has 6 rings (SSSR count). The summed E-state index contributed by atoms with van der Waals surface area (Å²) in [5.41, 5.74) is 8.32. The van der Waals surface area contributed by atoms with E-state index in [0.717, 1.165) is 16.3 Å². The molecule has 10 nitrogen and oxygen atoms in total. The van der Waals surface area contributed by atoms with Gasteiger partial charge in [-0.2, -0.15) is 5.10 Å². The molecule has 5 aromatic rings. The Morgan fingerprint density at radius 1 is 1.00 bits per heavy atom. The largest absolute Gasteiger partial charge is 0.489 e. The van der Waals surface area contributed by atoms with Gasteiger partial charge in [-0.25, -0.2) is 9.67 Å². The average Bonchev–Trinajstić information content (AvgIpc) is 3.12. The third-order valence-corrected chi connectivity index (χ3v) is 7.13. The van der Waals surface area contributed by atoms with Crippen LogP contribution in [0.5, 0.6) is 5.75 Å². The third-order valence-electron chi connectivity index (χ3n) is 7.13. The van der Waals surface area contributed by atoms with E-state index in [0.29, 0.717) is 34.2 Å². The minimum Gasteiger partial charge on any atom is -0.489 e. The van der Waals surface area contributed by atoms with Crippen molar-refractivity contribution in [3.05, 3.63) is 118 Å². The van der Waals surface area contributed by atoms with Crippen molar-refractivity contribution < 1.29 is 14.3 Å². The minimum atomic E-state index is -1.05. The molecule has 3 N–H and O–H groups in total. The zero-order valence-corrected chi connectivity index (χ0v) is 23.4. The van der Waals surface area contributed by atoms with E-state index in [-0.39, 0.29) is 12.3 Å². The molecule has 3 heterocycles. The fraction of sp³-hybridized carbons (Fsp3) is 0.121. The van der Waals surface area contributed by atoms with Crippen LogP contribution >= 0.6 is 0 Å². The van der Waals surface area contributed by atoms with E-state index in [1.54, 1.807) is 38.4 Å². The molecule has 43 heavy (non-hydrogen) atoms. The number of nitrogens with two attached hydrogens (primary N) is 1. The first-order chi connectivity index (χ1) is 20.8. The number of aromatic nitrogens is 3. The number of anilines is 2. The lowest BCUT2D eigenvalue weighted by Gasteiger charge is -2.20. The molecule has 0 unspecified atom stereocenters. The molecule has 0 saturated carbocycles. The van der Waals surface area contributed by atoms with Crippen LogP contribution in [0.3, 0.4) is 0 Å². The van der Waals surface area contributed by atoms with E-state index in [9.17, 15) is 14.4 Å². The lowest BCUT2D eigenvalue weighted by molar-refractivity contribution is -0.120. The number of aryl methyl sites for hydroxylation is 1. The molecule has 0 spiro atoms. The number of ether oxygens (including phenoxy) is 1. The smallest absolute Gasteiger partial charge is 0.276 e. The fourth-order valence-corrected chi connectivity index (χ4v) is 4.86. The first-order valence-electron chi connectivity index (χ1n) is 13.5. The number of fused-ring (bicyclic) bond motifs is 2. The van der Waals surface area contributed by atoms with Gasteiger partial charge in [0.1, 0.15) is 24.2 Å². The van der Waals surface area contributed by atoms with E-state index in [4.69, 9.17) is 10.5 Å². The summed E-state index contributed by atoms with van der Waals surface area (Å²) in [7, 11) is 1.60. The zero-order chi connectivity index (χ0) is 30.1. The maximum absolute atomic E-state index is 13.4. The van der Waals surface area contributed by atoms with Crippen molar-refractivity contribution in [2.75, 3.05) is 24.3 Å². The van der Waals surface area contributed by atoms with Crippen molar-refractivity contribution in [3.63, 3.8) is 0 Å². The number of hydrogen-bond acceptors (Lipinski definition) is 7. The molecule has 2 aromatic heterocycles. The van der Waals surface area contributed by atoms with Crippen LogP contribution in [0.2, 0.25) is 0 Å². The van der Waals surface area contributed by atoms with E-state index in [1.807, 2.05) is 54.6 Å². The van der Waals surface area contributed by atoms with Crippen molar-refractivity contribution in [3.8, 4) is 23.3 Å². The predicted molar refractivity (Wildman–Crippen MR) is 163 cm³/mol. The maximum atomic E-state index is 13.4. The Bertz CT molecular complexity index is 2030. The Balaban J connectivity index is 1.22. The summed E-state index contributed by atoms with van der Waals surface area (Å²) in [4.78, 5) is 44.8. The molecular formula is C33H26N6O4. The molecule has 3 aromatic carbocycles. The highest BCUT2D eigenvalue weighted by molar-refractivity contribution is 6.03. The average molecular weight is 571 g/mol. The molecule has 1 atom stereocenters. The second-order valence-corrected chi connectivity index (χ2v) is 10.0. The second-order valence-electron chi connectivity index (χ2n) is 10.0. The highest BCUT2D eigenvalue weighted by atomic mass is 16.5. The van der Waals surface area contributed by atoms with Gasteiger partial charge in [-0.3, -0.25) is 14.4 Å². The number of nitrogens with zero attached hydrogens (tertiary/aromatic N) is 4. The summed E-state index contributed by atoms with van der Waals surface area (Å²) in [6.45, 7) is 1.60. The van der Waals surface area contributed by atoms with Crippen molar-refractivity contribution in [1.82, 2.24) is 20.1 Å². The van der Waals surface area contributed by atoms with Crippen LogP contribution < -0.4 is 26.1 Å². The van der Waals surface area contributed by atoms with Gasteiger partial charge in [-0.15, -0.1) is 0 Å². The molecule has 0 saturated heterocycles. The topological polar surface area (TPSA) is 132 Å². The van der Waals surface area contributed by atoms with Gasteiger partial charge < -0.3 is 20.7 Å². The molecule has 0 aliphatic carbocycles. The number of para-hydroxylation sites is 1. The first-order valence-corrected chi connectivity index (χ1v) is 13.5. The number of nitrogens with one attached hydrogen (secondary N) is 1. The van der Waals surface area contributed by atoms with Crippen molar-refractivity contribution in [2.45, 2.75) is 13.0 Å². The van der Waals surface area contributed by atoms with E-state index < -0.39 is 23.3 Å². The van der Waals surface area contributed by atoms with Crippen molar-refractivity contribution in [1.29, 1.82) is 0 Å². The summed E-state index contributed by atoms with van der Waals surface area (Å²) in [6.07, 6.45) is 1.65. The Kier molecular flexibility index (Phi) is 7.06. The van der Waals surface area contributed by atoms with Crippen LogP contribution in [-0.2, 0) is 4.79 Å². The zero-order valence-electron chi connectivity index (χ0n) is 23.4. The highest BCUT2D eigenvalue weighted by Crippen LogP contribution is 2.31. The number of pyridine rings is 1. The standard InChI is InChI=1S/C33H26N6O4/c1-20-16-28(40)30(37-39(20)24-6-4-3-5-7-24)32(41)36-26-19-43-29-13-11-22(18-27(29)38(2)33(26)42)9-8-21-10-12-25-23(17-21)14-15-35-31(25)34/h3-7,10-18,26H,19H2,1-2H3,(H2,34,35)(H,36,41)/t26-/m0/s1. The van der Waals surface area contributed by atoms with Gasteiger partial charge in [0.05, 0.1) is 11.4 Å². The molecule has 10 heteroatoms. The molecule has 212 valence electrons. The van der Waals surface area contributed by atoms with Crippen LogP contribution in [0.25, 0.3) is 16.5 Å². The highest BCUT2D eigenvalue weighted by Gasteiger charge is 2.32. The maximum Gasteiger partial charge on any atom is 0.276 e. The Morgan fingerprint density at radius 3 is 2.53 bits per heavy atom. The second kappa shape index (κ2) is 11.1. The number of nitrogen functional groups attached to an aromatic ring is 1. The van der Waals surface area contributed by atoms with Crippen LogP contribution in [0, 0.1) is 18.8 Å². The molecular weight excluding hydrogens is 544 g/mol. The summed E-state index contributed by atoms with van der Waals surface area (Å²) in [6, 6.07) is 22.3. The van der Waals surface area contributed by atoms with E-state index in [1.165, 1.54) is 15.6 Å². The molecule has 0 bridgehead atoms. The van der Waals surface area contributed by atoms with Crippen LogP contribution in [0.1, 0.15) is 27.3 Å². The number of likely N-dealkylation sites (N-methyl/N-ethyl adjacent to an activating group) is 1. The lowest BCUT2D eigenvalue weighted by Crippen LogP contribution is -2.50. The Hall–Kier alpha value is -5.95. The van der Waals surface area contributed by atoms with Gasteiger partial charge in [0, 0.05) is 41.5 Å². The van der Waals surface area contributed by atoms with Gasteiger partial charge in [0.2, 0.25) is 5.43 Å². The van der Waals surface area contributed by atoms with Crippen molar-refractivity contribution >= 4 is 34.1 Å². The quantitative estimate of drug-likeness (QED) is 0.318.